The Bertz CT molecular complexity index is 434. The maximum atomic E-state index is 11.9. The third-order valence-electron chi connectivity index (χ3n) is 3.20. The zero-order chi connectivity index (χ0) is 14.2. The van der Waals surface area contributed by atoms with E-state index < -0.39 is 18.0 Å². The summed E-state index contributed by atoms with van der Waals surface area (Å²) in [5.74, 6) is -2.07. The van der Waals surface area contributed by atoms with Gasteiger partial charge >= 0.3 is 5.97 Å². The molecule has 0 unspecified atom stereocenters. The van der Waals surface area contributed by atoms with E-state index in [0.29, 0.717) is 6.61 Å². The first kappa shape index (κ1) is 14.2. The predicted octanol–water partition coefficient (Wildman–Crippen LogP) is 0.969. The summed E-state index contributed by atoms with van der Waals surface area (Å²) in [6.45, 7) is 3.98. The van der Waals surface area contributed by atoms with E-state index in [-0.39, 0.29) is 22.1 Å². The highest BCUT2D eigenvalue weighted by Crippen LogP contribution is 2.50. The Kier molecular flexibility index (Phi) is 4.05. The second-order valence-electron chi connectivity index (χ2n) is 4.63. The van der Waals surface area contributed by atoms with E-state index in [1.54, 1.807) is 0 Å². The van der Waals surface area contributed by atoms with Crippen molar-refractivity contribution in [2.75, 3.05) is 6.61 Å². The van der Waals surface area contributed by atoms with Crippen LogP contribution in [0.2, 0.25) is 0 Å². The van der Waals surface area contributed by atoms with E-state index in [0.717, 1.165) is 12.8 Å². The fraction of sp³-hybridized carbons (Fsp3) is 0.667. The molecule has 1 saturated heterocycles. The summed E-state index contributed by atoms with van der Waals surface area (Å²) in [5.41, 5.74) is -0.0898. The lowest BCUT2D eigenvalue weighted by Gasteiger charge is -2.43. The van der Waals surface area contributed by atoms with Crippen LogP contribution in [-0.2, 0) is 14.3 Å². The molecule has 2 heterocycles. The minimum atomic E-state index is -1.17. The number of hydrogen-bond donors (Lipinski definition) is 2. The lowest BCUT2D eigenvalue weighted by Crippen LogP contribution is -2.60. The first-order valence-electron chi connectivity index (χ1n) is 6.27. The number of fused-ring (bicyclic) bond motifs is 1. The average Bonchev–Trinajstić information content (AvgIpc) is 2.64. The van der Waals surface area contributed by atoms with Crippen molar-refractivity contribution in [1.82, 2.24) is 4.90 Å². The maximum Gasteiger partial charge on any atom is 0.357 e. The third-order valence-corrected chi connectivity index (χ3v) is 4.47. The van der Waals surface area contributed by atoms with Crippen molar-refractivity contribution in [2.45, 2.75) is 38.2 Å². The summed E-state index contributed by atoms with van der Waals surface area (Å²) in [4.78, 5) is 24.3. The largest absolute Gasteiger partial charge is 0.485 e. The van der Waals surface area contributed by atoms with Gasteiger partial charge in [-0.1, -0.05) is 25.1 Å². The smallest absolute Gasteiger partial charge is 0.357 e. The molecule has 0 radical (unpaired) electrons. The summed E-state index contributed by atoms with van der Waals surface area (Å²) in [6, 6.07) is 0. The Hall–Kier alpha value is -1.21. The molecule has 0 aromatic heterocycles. The predicted molar refractivity (Wildman–Crippen MR) is 68.9 cm³/mol. The summed E-state index contributed by atoms with van der Waals surface area (Å²) in [7, 11) is 0. The van der Waals surface area contributed by atoms with E-state index in [9.17, 15) is 19.8 Å². The molecule has 2 N–H and O–H groups in total. The lowest BCUT2D eigenvalue weighted by molar-refractivity contribution is -0.156. The van der Waals surface area contributed by atoms with Crippen LogP contribution >= 0.6 is 11.8 Å². The van der Waals surface area contributed by atoms with E-state index in [1.165, 1.54) is 23.6 Å². The van der Waals surface area contributed by atoms with E-state index in [4.69, 9.17) is 4.74 Å². The van der Waals surface area contributed by atoms with E-state index in [2.05, 4.69) is 0 Å². The van der Waals surface area contributed by atoms with Crippen molar-refractivity contribution in [3.8, 4) is 0 Å². The first-order chi connectivity index (χ1) is 8.99. The molecule has 106 valence electrons. The number of thioether (sulfide) groups is 1. The number of aliphatic hydroxyl groups excluding tert-OH is 1. The van der Waals surface area contributed by atoms with Crippen LogP contribution in [0.3, 0.4) is 0 Å². The van der Waals surface area contributed by atoms with Gasteiger partial charge in [0.1, 0.15) is 5.37 Å². The quantitative estimate of drug-likeness (QED) is 0.559. The standard InChI is InChI=1S/C12H17NO5S/c1-3-4-5-18-12-8(11(16)17)13-9(15)7(6(2)14)10(13)19-12/h6-7,10,14H,3-5H2,1-2H3,(H,16,17)/t6-,7+,10-/m1/s1. The average molecular weight is 287 g/mol. The highest BCUT2D eigenvalue weighted by Gasteiger charge is 2.58. The number of ether oxygens (including phenoxy) is 1. The van der Waals surface area contributed by atoms with Gasteiger partial charge in [0.05, 0.1) is 18.6 Å². The van der Waals surface area contributed by atoms with Crippen LogP contribution in [0.4, 0.5) is 0 Å². The van der Waals surface area contributed by atoms with Gasteiger partial charge in [0.15, 0.2) is 10.8 Å². The molecule has 0 saturated carbocycles. The van der Waals surface area contributed by atoms with Crippen molar-refractivity contribution in [3.05, 3.63) is 10.8 Å². The van der Waals surface area contributed by atoms with Gasteiger partial charge < -0.3 is 14.9 Å². The SMILES string of the molecule is CCCCOC1=C(C(=O)O)N2C(=O)[C@H]([C@@H](C)O)[C@H]2S1. The Morgan fingerprint density at radius 3 is 2.79 bits per heavy atom. The van der Waals surface area contributed by atoms with Crippen molar-refractivity contribution in [2.24, 2.45) is 5.92 Å². The fourth-order valence-electron chi connectivity index (χ4n) is 2.16. The van der Waals surface area contributed by atoms with Crippen LogP contribution in [0, 0.1) is 5.92 Å². The number of carbonyl (C=O) groups is 2. The molecule has 19 heavy (non-hydrogen) atoms. The van der Waals surface area contributed by atoms with Crippen LogP contribution < -0.4 is 0 Å². The number of aliphatic carboxylic acids is 1. The highest BCUT2D eigenvalue weighted by molar-refractivity contribution is 8.03. The van der Waals surface area contributed by atoms with Crippen LogP contribution in [0.25, 0.3) is 0 Å². The minimum Gasteiger partial charge on any atom is -0.485 e. The number of aliphatic hydroxyl groups is 1. The normalized spacial score (nSPS) is 27.1. The lowest BCUT2D eigenvalue weighted by atomic mass is 9.92. The molecule has 1 amide bonds. The van der Waals surface area contributed by atoms with Crippen molar-refractivity contribution < 1.29 is 24.5 Å². The molecule has 6 nitrogen and oxygen atoms in total. The van der Waals surface area contributed by atoms with Crippen molar-refractivity contribution in [1.29, 1.82) is 0 Å². The number of carbonyl (C=O) groups excluding carboxylic acids is 1. The van der Waals surface area contributed by atoms with Gasteiger partial charge in [0, 0.05) is 0 Å². The van der Waals surface area contributed by atoms with Crippen LogP contribution in [0.5, 0.6) is 0 Å². The molecule has 2 rings (SSSR count). The molecule has 0 bridgehead atoms. The highest BCUT2D eigenvalue weighted by atomic mass is 32.2. The monoisotopic (exact) mass is 287 g/mol. The number of hydrogen-bond acceptors (Lipinski definition) is 5. The third kappa shape index (κ3) is 2.32. The second-order valence-corrected chi connectivity index (χ2v) is 5.72. The van der Waals surface area contributed by atoms with Crippen LogP contribution in [0.1, 0.15) is 26.7 Å². The first-order valence-corrected chi connectivity index (χ1v) is 7.15. The van der Waals surface area contributed by atoms with Crippen molar-refractivity contribution in [3.63, 3.8) is 0 Å². The van der Waals surface area contributed by atoms with Gasteiger partial charge in [-0.25, -0.2) is 4.79 Å². The zero-order valence-corrected chi connectivity index (χ0v) is 11.6. The number of carboxylic acids is 1. The molecule has 1 fully saturated rings. The Morgan fingerprint density at radius 2 is 2.26 bits per heavy atom. The van der Waals surface area contributed by atoms with Gasteiger partial charge in [-0.2, -0.15) is 0 Å². The van der Waals surface area contributed by atoms with E-state index >= 15 is 0 Å². The van der Waals surface area contributed by atoms with E-state index in [1.807, 2.05) is 6.92 Å². The molecular formula is C12H17NO5S. The van der Waals surface area contributed by atoms with Crippen LogP contribution in [-0.4, -0.2) is 45.1 Å². The Labute approximate surface area is 115 Å². The van der Waals surface area contributed by atoms with Gasteiger partial charge in [0.2, 0.25) is 5.91 Å². The summed E-state index contributed by atoms with van der Waals surface area (Å²) in [5, 5.41) is 18.7. The van der Waals surface area contributed by atoms with Gasteiger partial charge in [-0.15, -0.1) is 0 Å². The molecular weight excluding hydrogens is 270 g/mol. The Balaban J connectivity index is 2.14. The number of amides is 1. The molecule has 0 aromatic rings. The number of rotatable bonds is 6. The zero-order valence-electron chi connectivity index (χ0n) is 10.8. The number of β-lactam (4-membered cyclic amide) rings is 1. The molecule has 0 aromatic carbocycles. The fourth-order valence-corrected chi connectivity index (χ4v) is 3.63. The number of nitrogens with zero attached hydrogens (tertiary/aromatic N) is 1. The second kappa shape index (κ2) is 5.42. The topological polar surface area (TPSA) is 87.1 Å². The Morgan fingerprint density at radius 1 is 1.58 bits per heavy atom. The molecule has 2 aliphatic rings. The summed E-state index contributed by atoms with van der Waals surface area (Å²) >= 11 is 1.21. The number of carboxylic acid groups (broad SMARTS) is 1. The summed E-state index contributed by atoms with van der Waals surface area (Å²) < 4.78 is 5.46. The van der Waals surface area contributed by atoms with Gasteiger partial charge in [-0.3, -0.25) is 9.69 Å². The van der Waals surface area contributed by atoms with Crippen LogP contribution in [0.15, 0.2) is 10.8 Å². The maximum absolute atomic E-state index is 11.9. The molecule has 2 aliphatic heterocycles. The summed E-state index contributed by atoms with van der Waals surface area (Å²) in [6.07, 6.45) is 0.990. The van der Waals surface area contributed by atoms with Crippen molar-refractivity contribution >= 4 is 23.6 Å². The molecule has 0 aliphatic carbocycles. The molecule has 7 heteroatoms. The molecule has 3 atom stereocenters. The number of unbranched alkanes of at least 4 members (excludes halogenated alkanes) is 1. The minimum absolute atomic E-state index is 0.0898. The van der Waals surface area contributed by atoms with Gasteiger partial charge in [0.25, 0.3) is 0 Å². The molecule has 0 spiro atoms. The van der Waals surface area contributed by atoms with Gasteiger partial charge in [-0.05, 0) is 13.3 Å².